The fraction of sp³-hybridized carbons (Fsp3) is 0.182. The highest BCUT2D eigenvalue weighted by molar-refractivity contribution is 7.12. The van der Waals surface area contributed by atoms with Crippen molar-refractivity contribution < 1.29 is 9.47 Å². The molecule has 3 aromatic rings. The van der Waals surface area contributed by atoms with Crippen molar-refractivity contribution in [2.45, 2.75) is 13.3 Å². The van der Waals surface area contributed by atoms with Crippen molar-refractivity contribution >= 4 is 34.4 Å². The number of rotatable bonds is 6. The van der Waals surface area contributed by atoms with E-state index in [0.717, 1.165) is 45.6 Å². The van der Waals surface area contributed by atoms with Gasteiger partial charge in [0.2, 0.25) is 0 Å². The number of nitrogens with one attached hydrogen (secondary N) is 1. The number of fused-ring (bicyclic) bond motifs is 1. The zero-order valence-corrected chi connectivity index (χ0v) is 16.6. The zero-order chi connectivity index (χ0) is 19.3. The van der Waals surface area contributed by atoms with Gasteiger partial charge in [-0.25, -0.2) is 9.98 Å². The van der Waals surface area contributed by atoms with Gasteiger partial charge in [0.05, 0.1) is 30.0 Å². The highest BCUT2D eigenvalue weighted by Gasteiger charge is 2.16. The molecule has 0 bridgehead atoms. The summed E-state index contributed by atoms with van der Waals surface area (Å²) >= 11 is 1.62. The average molecular weight is 391 g/mol. The van der Waals surface area contributed by atoms with E-state index in [1.54, 1.807) is 18.4 Å². The van der Waals surface area contributed by atoms with Gasteiger partial charge in [-0.15, -0.1) is 11.3 Å². The Morgan fingerprint density at radius 2 is 1.82 bits per heavy atom. The molecule has 6 heteroatoms. The number of amidine groups is 2. The van der Waals surface area contributed by atoms with E-state index in [9.17, 15) is 0 Å². The number of hydrogen-bond donors (Lipinski definition) is 1. The Balaban J connectivity index is 1.74. The molecular weight excluding hydrogens is 370 g/mol. The second-order valence-corrected chi connectivity index (χ2v) is 7.20. The fourth-order valence-corrected chi connectivity index (χ4v) is 3.48. The van der Waals surface area contributed by atoms with E-state index in [0.29, 0.717) is 12.4 Å². The number of aliphatic imine (C=N–C) groups is 2. The van der Waals surface area contributed by atoms with E-state index in [2.05, 4.69) is 12.2 Å². The highest BCUT2D eigenvalue weighted by atomic mass is 32.1. The lowest BCUT2D eigenvalue weighted by molar-refractivity contribution is 0.317. The summed E-state index contributed by atoms with van der Waals surface area (Å²) in [5.74, 6) is 3.05. The van der Waals surface area contributed by atoms with Gasteiger partial charge in [-0.05, 0) is 54.3 Å². The lowest BCUT2D eigenvalue weighted by Crippen LogP contribution is -2.14. The van der Waals surface area contributed by atoms with Crippen LogP contribution >= 0.6 is 11.3 Å². The second-order valence-electron chi connectivity index (χ2n) is 6.25. The Morgan fingerprint density at radius 3 is 2.54 bits per heavy atom. The molecule has 0 aliphatic carbocycles. The molecular formula is C22H21N3O2S. The summed E-state index contributed by atoms with van der Waals surface area (Å²) in [6.45, 7) is 2.80. The van der Waals surface area contributed by atoms with E-state index in [1.165, 1.54) is 0 Å². The number of hydrogen-bond acceptors (Lipinski definition) is 6. The van der Waals surface area contributed by atoms with Crippen molar-refractivity contribution in [2.24, 2.45) is 9.98 Å². The van der Waals surface area contributed by atoms with Gasteiger partial charge < -0.3 is 14.8 Å². The van der Waals surface area contributed by atoms with Crippen molar-refractivity contribution in [1.82, 2.24) is 0 Å². The Hall–Kier alpha value is -3.12. The van der Waals surface area contributed by atoms with E-state index in [1.807, 2.05) is 60.0 Å². The minimum absolute atomic E-state index is 0.688. The lowest BCUT2D eigenvalue weighted by atomic mass is 10.2. The minimum Gasteiger partial charge on any atom is -0.497 e. The largest absolute Gasteiger partial charge is 0.497 e. The van der Waals surface area contributed by atoms with Gasteiger partial charge in [0.15, 0.2) is 5.84 Å². The number of methoxy groups -OCH3 is 1. The van der Waals surface area contributed by atoms with Crippen molar-refractivity contribution in [2.75, 3.05) is 19.0 Å². The topological polar surface area (TPSA) is 55.2 Å². The number of thiophene rings is 1. The average Bonchev–Trinajstić information content (AvgIpc) is 3.20. The molecule has 4 rings (SSSR count). The molecule has 1 aliphatic heterocycles. The van der Waals surface area contributed by atoms with Gasteiger partial charge in [-0.1, -0.05) is 13.0 Å². The second kappa shape index (κ2) is 8.27. The third-order valence-electron chi connectivity index (χ3n) is 4.24. The molecule has 0 saturated carbocycles. The molecule has 5 nitrogen and oxygen atoms in total. The van der Waals surface area contributed by atoms with Crippen LogP contribution in [-0.4, -0.2) is 25.4 Å². The maximum atomic E-state index is 5.69. The number of benzene rings is 2. The molecule has 0 unspecified atom stereocenters. The molecule has 1 aromatic heterocycles. The van der Waals surface area contributed by atoms with Crippen LogP contribution in [0.4, 0.5) is 11.4 Å². The van der Waals surface area contributed by atoms with E-state index in [4.69, 9.17) is 19.5 Å². The molecule has 0 atom stereocenters. The smallest absolute Gasteiger partial charge is 0.172 e. The molecule has 142 valence electrons. The summed E-state index contributed by atoms with van der Waals surface area (Å²) in [4.78, 5) is 10.6. The third kappa shape index (κ3) is 3.92. The summed E-state index contributed by atoms with van der Waals surface area (Å²) in [6, 6.07) is 17.8. The molecule has 1 N–H and O–H groups in total. The van der Waals surface area contributed by atoms with Crippen LogP contribution in [0.5, 0.6) is 11.5 Å². The van der Waals surface area contributed by atoms with Crippen LogP contribution in [0.1, 0.15) is 23.8 Å². The van der Waals surface area contributed by atoms with Crippen LogP contribution in [-0.2, 0) is 0 Å². The van der Waals surface area contributed by atoms with Crippen molar-refractivity contribution in [3.05, 3.63) is 70.4 Å². The molecule has 0 spiro atoms. The first-order valence-electron chi connectivity index (χ1n) is 9.16. The van der Waals surface area contributed by atoms with Crippen molar-refractivity contribution in [3.63, 3.8) is 0 Å². The van der Waals surface area contributed by atoms with E-state index >= 15 is 0 Å². The first-order chi connectivity index (χ1) is 13.8. The molecule has 1 aliphatic rings. The molecule has 2 heterocycles. The Kier molecular flexibility index (Phi) is 5.39. The third-order valence-corrected chi connectivity index (χ3v) is 5.11. The van der Waals surface area contributed by atoms with Crippen LogP contribution in [0.2, 0.25) is 0 Å². The summed E-state index contributed by atoms with van der Waals surface area (Å²) in [5, 5.41) is 5.45. The summed E-state index contributed by atoms with van der Waals surface area (Å²) in [7, 11) is 1.66. The maximum absolute atomic E-state index is 5.69. The normalized spacial score (nSPS) is 12.9. The Morgan fingerprint density at radius 1 is 1.00 bits per heavy atom. The van der Waals surface area contributed by atoms with Crippen molar-refractivity contribution in [3.8, 4) is 11.5 Å². The first-order valence-corrected chi connectivity index (χ1v) is 10.0. The predicted octanol–water partition coefficient (Wildman–Crippen LogP) is 5.50. The summed E-state index contributed by atoms with van der Waals surface area (Å²) in [6.07, 6.45) is 0.981. The monoisotopic (exact) mass is 391 g/mol. The standard InChI is InChI=1S/C22H21N3O2S/c1-3-12-27-16-8-6-15(7-9-16)21-24-19-14-17(26-2)10-11-18(19)23-22(25-21)20-5-4-13-28-20/h4-11,13-14H,3,12H2,1-2H3,(H,23,24,25). The molecule has 0 saturated heterocycles. The van der Waals surface area contributed by atoms with Gasteiger partial charge in [0.1, 0.15) is 17.3 Å². The molecule has 0 fully saturated rings. The first kappa shape index (κ1) is 18.3. The number of anilines is 1. The van der Waals surface area contributed by atoms with Crippen molar-refractivity contribution in [1.29, 1.82) is 0 Å². The predicted molar refractivity (Wildman–Crippen MR) is 116 cm³/mol. The molecule has 28 heavy (non-hydrogen) atoms. The van der Waals surface area contributed by atoms with Gasteiger partial charge >= 0.3 is 0 Å². The van der Waals surface area contributed by atoms with Gasteiger partial charge in [-0.2, -0.15) is 0 Å². The fourth-order valence-electron chi connectivity index (χ4n) is 2.82. The summed E-state index contributed by atoms with van der Waals surface area (Å²) in [5.41, 5.74) is 2.64. The molecule has 2 aromatic carbocycles. The van der Waals surface area contributed by atoms with Crippen LogP contribution in [0.15, 0.2) is 70.0 Å². The van der Waals surface area contributed by atoms with Crippen LogP contribution in [0, 0.1) is 0 Å². The molecule has 0 amide bonds. The summed E-state index contributed by atoms with van der Waals surface area (Å²) < 4.78 is 11.1. The minimum atomic E-state index is 0.688. The Bertz CT molecular complexity index is 1010. The quantitative estimate of drug-likeness (QED) is 0.604. The van der Waals surface area contributed by atoms with Gasteiger partial charge in [-0.3, -0.25) is 0 Å². The SMILES string of the molecule is CCCOc1ccc(C2=NC(c3cccs3)=Nc3ccc(OC)cc3N2)cc1. The Labute approximate surface area is 168 Å². The van der Waals surface area contributed by atoms with E-state index in [-0.39, 0.29) is 0 Å². The number of ether oxygens (including phenoxy) is 2. The maximum Gasteiger partial charge on any atom is 0.172 e. The molecule has 0 radical (unpaired) electrons. The van der Waals surface area contributed by atoms with E-state index < -0.39 is 0 Å². The number of nitrogens with zero attached hydrogens (tertiary/aromatic N) is 2. The van der Waals surface area contributed by atoms with Crippen LogP contribution in [0.25, 0.3) is 0 Å². The lowest BCUT2D eigenvalue weighted by Gasteiger charge is -2.12. The highest BCUT2D eigenvalue weighted by Crippen LogP contribution is 2.33. The van der Waals surface area contributed by atoms with Gasteiger partial charge in [0, 0.05) is 11.6 Å². The van der Waals surface area contributed by atoms with Crippen LogP contribution < -0.4 is 14.8 Å². The zero-order valence-electron chi connectivity index (χ0n) is 15.8. The van der Waals surface area contributed by atoms with Gasteiger partial charge in [0.25, 0.3) is 0 Å². The van der Waals surface area contributed by atoms with Crippen LogP contribution in [0.3, 0.4) is 0 Å².